The van der Waals surface area contributed by atoms with Crippen molar-refractivity contribution in [3.63, 3.8) is 0 Å². The van der Waals surface area contributed by atoms with Crippen molar-refractivity contribution in [2.24, 2.45) is 0 Å². The molecular formula is C9H10OSe. The Morgan fingerprint density at radius 1 is 1.36 bits per heavy atom. The Balaban J connectivity index is 2.74. The van der Waals surface area contributed by atoms with Crippen LogP contribution in [0.4, 0.5) is 0 Å². The van der Waals surface area contributed by atoms with Crippen molar-refractivity contribution in [3.8, 4) is 5.75 Å². The average molecular weight is 213 g/mol. The van der Waals surface area contributed by atoms with Crippen molar-refractivity contribution in [1.29, 1.82) is 0 Å². The summed E-state index contributed by atoms with van der Waals surface area (Å²) in [6.45, 7) is 3.70. The van der Waals surface area contributed by atoms with Crippen LogP contribution in [0.1, 0.15) is 0 Å². The molecule has 0 bridgehead atoms. The summed E-state index contributed by atoms with van der Waals surface area (Å²) in [4.78, 5) is 1.95. The van der Waals surface area contributed by atoms with E-state index in [1.165, 1.54) is 4.46 Å². The van der Waals surface area contributed by atoms with Crippen LogP contribution >= 0.6 is 0 Å². The molecule has 0 fully saturated rings. The van der Waals surface area contributed by atoms with Crippen LogP contribution in [-0.2, 0) is 0 Å². The van der Waals surface area contributed by atoms with Gasteiger partial charge >= 0.3 is 72.8 Å². The first-order valence-corrected chi connectivity index (χ1v) is 5.13. The van der Waals surface area contributed by atoms with Gasteiger partial charge in [0.2, 0.25) is 0 Å². The van der Waals surface area contributed by atoms with Crippen molar-refractivity contribution in [1.82, 2.24) is 0 Å². The van der Waals surface area contributed by atoms with E-state index in [4.69, 9.17) is 4.74 Å². The fraction of sp³-hybridized carbons (Fsp3) is 0.111. The normalized spacial score (nSPS) is 9.18. The van der Waals surface area contributed by atoms with Crippen LogP contribution in [0, 0.1) is 0 Å². The average Bonchev–Trinajstić information content (AvgIpc) is 2.07. The summed E-state index contributed by atoms with van der Waals surface area (Å²) in [6.07, 6.45) is 0. The first-order valence-electron chi connectivity index (χ1n) is 3.28. The van der Waals surface area contributed by atoms with Crippen LogP contribution in [0.15, 0.2) is 35.8 Å². The van der Waals surface area contributed by atoms with Gasteiger partial charge in [0.1, 0.15) is 0 Å². The zero-order chi connectivity index (χ0) is 8.10. The number of benzene rings is 1. The van der Waals surface area contributed by atoms with Gasteiger partial charge in [-0.2, -0.15) is 0 Å². The Hall–Kier alpha value is -0.721. The predicted octanol–water partition coefficient (Wildman–Crippen LogP) is 1.17. The van der Waals surface area contributed by atoms with E-state index in [1.807, 2.05) is 17.1 Å². The Kier molecular flexibility index (Phi) is 3.21. The van der Waals surface area contributed by atoms with Crippen molar-refractivity contribution >= 4 is 19.4 Å². The third-order valence-corrected chi connectivity index (χ3v) is 2.77. The van der Waals surface area contributed by atoms with E-state index < -0.39 is 0 Å². The minimum absolute atomic E-state index is 0.409. The van der Waals surface area contributed by atoms with Gasteiger partial charge in [0.05, 0.1) is 0 Å². The summed E-state index contributed by atoms with van der Waals surface area (Å²) < 4.78 is 6.36. The molecule has 1 aromatic carbocycles. The molecule has 1 nitrogen and oxygen atoms in total. The summed E-state index contributed by atoms with van der Waals surface area (Å²) in [5.41, 5.74) is 0. The molecule has 0 saturated carbocycles. The van der Waals surface area contributed by atoms with Gasteiger partial charge in [-0.05, 0) is 0 Å². The summed E-state index contributed by atoms with van der Waals surface area (Å²) in [7, 11) is 1.67. The van der Waals surface area contributed by atoms with E-state index in [-0.39, 0.29) is 0 Å². The summed E-state index contributed by atoms with van der Waals surface area (Å²) in [6, 6.07) is 8.09. The van der Waals surface area contributed by atoms with Crippen molar-refractivity contribution in [3.05, 3.63) is 35.8 Å². The van der Waals surface area contributed by atoms with Crippen LogP contribution in [0.5, 0.6) is 5.75 Å². The molecular weight excluding hydrogens is 203 g/mol. The Bertz CT molecular complexity index is 228. The zero-order valence-electron chi connectivity index (χ0n) is 6.41. The molecule has 1 rings (SSSR count). The molecule has 58 valence electrons. The molecule has 1 aromatic rings. The predicted molar refractivity (Wildman–Crippen MR) is 48.6 cm³/mol. The molecule has 0 spiro atoms. The molecule has 0 saturated heterocycles. The van der Waals surface area contributed by atoms with E-state index in [0.717, 1.165) is 5.75 Å². The summed E-state index contributed by atoms with van der Waals surface area (Å²) in [5.74, 6) is 0.911. The van der Waals surface area contributed by atoms with Crippen LogP contribution in [0.25, 0.3) is 0 Å². The van der Waals surface area contributed by atoms with Gasteiger partial charge in [-0.1, -0.05) is 0 Å². The van der Waals surface area contributed by atoms with Crippen molar-refractivity contribution < 1.29 is 4.74 Å². The number of hydrogen-bond donors (Lipinski definition) is 0. The van der Waals surface area contributed by atoms with E-state index in [1.54, 1.807) is 7.11 Å². The van der Waals surface area contributed by atoms with E-state index >= 15 is 0 Å². The Morgan fingerprint density at radius 3 is 2.45 bits per heavy atom. The molecule has 0 aliphatic heterocycles. The zero-order valence-corrected chi connectivity index (χ0v) is 8.12. The topological polar surface area (TPSA) is 9.23 Å². The van der Waals surface area contributed by atoms with Crippen LogP contribution in [0.3, 0.4) is 0 Å². The van der Waals surface area contributed by atoms with Crippen LogP contribution in [-0.4, -0.2) is 22.1 Å². The second-order valence-corrected chi connectivity index (χ2v) is 4.14. The van der Waals surface area contributed by atoms with Gasteiger partial charge in [-0.3, -0.25) is 0 Å². The van der Waals surface area contributed by atoms with Gasteiger partial charge < -0.3 is 0 Å². The molecule has 0 radical (unpaired) electrons. The van der Waals surface area contributed by atoms with Crippen LogP contribution in [0.2, 0.25) is 0 Å². The van der Waals surface area contributed by atoms with Gasteiger partial charge in [0.25, 0.3) is 0 Å². The molecule has 0 N–H and O–H groups in total. The van der Waals surface area contributed by atoms with E-state index in [2.05, 4.69) is 18.7 Å². The number of ether oxygens (including phenoxy) is 1. The van der Waals surface area contributed by atoms with Gasteiger partial charge in [0.15, 0.2) is 0 Å². The maximum absolute atomic E-state index is 5.03. The first kappa shape index (κ1) is 8.38. The molecule has 11 heavy (non-hydrogen) atoms. The third kappa shape index (κ3) is 2.41. The molecule has 0 unspecified atom stereocenters. The fourth-order valence-corrected chi connectivity index (χ4v) is 1.77. The van der Waals surface area contributed by atoms with Crippen LogP contribution < -0.4 is 9.20 Å². The quantitative estimate of drug-likeness (QED) is 0.685. The molecule has 0 amide bonds. The monoisotopic (exact) mass is 214 g/mol. The number of rotatable bonds is 3. The molecule has 0 aliphatic carbocycles. The standard InChI is InChI=1S/C9H10OSe/c1-3-11-9-6-4-8(10-2)5-7-9/h3-7H,1H2,2H3. The molecule has 0 aromatic heterocycles. The number of methoxy groups -OCH3 is 1. The van der Waals surface area contributed by atoms with Crippen molar-refractivity contribution in [2.75, 3.05) is 7.11 Å². The second-order valence-electron chi connectivity index (χ2n) is 1.96. The third-order valence-electron chi connectivity index (χ3n) is 1.28. The summed E-state index contributed by atoms with van der Waals surface area (Å²) >= 11 is 0.409. The molecule has 0 heterocycles. The van der Waals surface area contributed by atoms with E-state index in [9.17, 15) is 0 Å². The van der Waals surface area contributed by atoms with Gasteiger partial charge in [-0.25, -0.2) is 0 Å². The Labute approximate surface area is 73.2 Å². The second kappa shape index (κ2) is 4.22. The molecule has 0 aliphatic rings. The van der Waals surface area contributed by atoms with Gasteiger partial charge in [-0.15, -0.1) is 0 Å². The first-order chi connectivity index (χ1) is 5.36. The van der Waals surface area contributed by atoms with Crippen molar-refractivity contribution in [2.45, 2.75) is 0 Å². The minimum atomic E-state index is 0.409. The molecule has 2 heteroatoms. The summed E-state index contributed by atoms with van der Waals surface area (Å²) in [5, 5.41) is 0. The molecule has 0 atom stereocenters. The number of hydrogen-bond acceptors (Lipinski definition) is 1. The van der Waals surface area contributed by atoms with Gasteiger partial charge in [0, 0.05) is 0 Å². The fourth-order valence-electron chi connectivity index (χ4n) is 0.751. The Morgan fingerprint density at radius 2 is 2.00 bits per heavy atom. The van der Waals surface area contributed by atoms with E-state index in [0.29, 0.717) is 15.0 Å². The SMILES string of the molecule is C=C[Se]c1ccc(OC)cc1. The maximum atomic E-state index is 5.03.